The monoisotopic (exact) mass is 456 g/mol. The van der Waals surface area contributed by atoms with Crippen molar-refractivity contribution in [3.8, 4) is 5.75 Å². The van der Waals surface area contributed by atoms with Gasteiger partial charge >= 0.3 is 6.61 Å². The number of aromatic nitrogens is 3. The Morgan fingerprint density at radius 2 is 1.97 bits per heavy atom. The maximum atomic E-state index is 13.4. The van der Waals surface area contributed by atoms with Crippen LogP contribution in [0.4, 0.5) is 14.5 Å². The summed E-state index contributed by atoms with van der Waals surface area (Å²) >= 11 is 12.0. The molecule has 4 saturated carbocycles. The van der Waals surface area contributed by atoms with Crippen molar-refractivity contribution in [1.29, 1.82) is 0 Å². The van der Waals surface area contributed by atoms with Gasteiger partial charge < -0.3 is 10.1 Å². The molecular weight excluding hydrogens is 437 g/mol. The highest BCUT2D eigenvalue weighted by Crippen LogP contribution is 2.64. The minimum absolute atomic E-state index is 0.0207. The lowest BCUT2D eigenvalue weighted by molar-refractivity contribution is -0.150. The van der Waals surface area contributed by atoms with Gasteiger partial charge in [-0.05, 0) is 80.2 Å². The van der Waals surface area contributed by atoms with E-state index in [2.05, 4.69) is 20.1 Å². The molecule has 2 atom stereocenters. The minimum atomic E-state index is -2.96. The summed E-state index contributed by atoms with van der Waals surface area (Å²) in [4.78, 5) is 17.5. The van der Waals surface area contributed by atoms with Crippen molar-refractivity contribution >= 4 is 34.8 Å². The molecule has 0 radical (unpaired) electrons. The Kier molecular flexibility index (Phi) is 4.70. The van der Waals surface area contributed by atoms with Crippen LogP contribution in [0.25, 0.3) is 0 Å². The molecule has 4 bridgehead atoms. The molecule has 4 aliphatic carbocycles. The predicted octanol–water partition coefficient (Wildman–Crippen LogP) is 5.12. The van der Waals surface area contributed by atoms with Crippen LogP contribution in [0.15, 0.2) is 24.5 Å². The van der Waals surface area contributed by atoms with Gasteiger partial charge in [-0.2, -0.15) is 8.78 Å². The molecule has 1 N–H and O–H groups in total. The fourth-order valence-corrected chi connectivity index (χ4v) is 6.60. The molecule has 2 aromatic rings. The van der Waals surface area contributed by atoms with E-state index < -0.39 is 12.0 Å². The van der Waals surface area contributed by atoms with Crippen molar-refractivity contribution in [3.05, 3.63) is 34.8 Å². The largest absolute Gasteiger partial charge is 0.433 e. The SMILES string of the molecule is O=C(Nc1ccc(OC(F)F)c(Cl)c1)C12C[C@@H]3C[C@@H](C1)CC(n1cnc(Cl)n1)(C3)C2. The van der Waals surface area contributed by atoms with Gasteiger partial charge in [-0.25, -0.2) is 9.67 Å². The lowest BCUT2D eigenvalue weighted by Gasteiger charge is -2.60. The molecule has 160 valence electrons. The summed E-state index contributed by atoms with van der Waals surface area (Å²) in [6, 6.07) is 4.29. The molecule has 10 heteroatoms. The Hall–Kier alpha value is -1.93. The quantitative estimate of drug-likeness (QED) is 0.677. The van der Waals surface area contributed by atoms with Crippen LogP contribution in [0, 0.1) is 17.3 Å². The van der Waals surface area contributed by atoms with E-state index in [9.17, 15) is 13.6 Å². The number of anilines is 1. The van der Waals surface area contributed by atoms with Crippen molar-refractivity contribution < 1.29 is 18.3 Å². The number of hydrogen-bond acceptors (Lipinski definition) is 4. The second-order valence-corrected chi connectivity index (χ2v) is 9.65. The third kappa shape index (κ3) is 3.34. The van der Waals surface area contributed by atoms with E-state index in [4.69, 9.17) is 23.2 Å². The Balaban J connectivity index is 1.40. The zero-order valence-electron chi connectivity index (χ0n) is 16.0. The molecular formula is C20H20Cl2F2N4O2. The average molecular weight is 457 g/mol. The first-order valence-corrected chi connectivity index (χ1v) is 10.7. The van der Waals surface area contributed by atoms with E-state index in [0.717, 1.165) is 32.1 Å². The summed E-state index contributed by atoms with van der Waals surface area (Å²) in [5.41, 5.74) is -0.290. The number of nitrogens with zero attached hydrogens (tertiary/aromatic N) is 3. The number of carbonyl (C=O) groups is 1. The summed E-state index contributed by atoms with van der Waals surface area (Å²) in [5.74, 6) is 0.711. The van der Waals surface area contributed by atoms with Crippen LogP contribution in [0.2, 0.25) is 10.3 Å². The van der Waals surface area contributed by atoms with E-state index in [1.807, 2.05) is 4.68 Å². The molecule has 4 fully saturated rings. The van der Waals surface area contributed by atoms with Crippen LogP contribution < -0.4 is 10.1 Å². The highest BCUT2D eigenvalue weighted by Gasteiger charge is 2.61. The molecule has 1 aromatic heterocycles. The Morgan fingerprint density at radius 3 is 2.57 bits per heavy atom. The molecule has 1 amide bonds. The normalized spacial score (nSPS) is 31.9. The Morgan fingerprint density at radius 1 is 1.23 bits per heavy atom. The highest BCUT2D eigenvalue weighted by atomic mass is 35.5. The topological polar surface area (TPSA) is 69.0 Å². The van der Waals surface area contributed by atoms with Crippen LogP contribution in [0.3, 0.4) is 0 Å². The summed E-state index contributed by atoms with van der Waals surface area (Å²) < 4.78 is 31.1. The van der Waals surface area contributed by atoms with Gasteiger partial charge in [0.05, 0.1) is 16.0 Å². The summed E-state index contributed by atoms with van der Waals surface area (Å²) in [6.07, 6.45) is 7.10. The van der Waals surface area contributed by atoms with Gasteiger partial charge in [0, 0.05) is 5.69 Å². The third-order valence-corrected chi connectivity index (χ3v) is 7.34. The standard InChI is InChI=1S/C20H20Cl2F2N4O2/c21-14-4-13(1-2-15(14)30-18(23)24)26-16(29)19-5-11-3-12(6-19)8-20(7-11,9-19)28-10-25-17(22)27-28/h1-2,4,10-12,18H,3,5-9H2,(H,26,29)/t11-,12-,19?,20?/m0/s1. The second kappa shape index (κ2) is 7.05. The van der Waals surface area contributed by atoms with Gasteiger partial charge in [-0.1, -0.05) is 11.6 Å². The van der Waals surface area contributed by atoms with Gasteiger partial charge in [0.2, 0.25) is 11.2 Å². The number of benzene rings is 1. The van der Waals surface area contributed by atoms with Gasteiger partial charge in [0.25, 0.3) is 0 Å². The number of halogens is 4. The average Bonchev–Trinajstić information content (AvgIpc) is 3.10. The number of ether oxygens (including phenoxy) is 1. The zero-order chi connectivity index (χ0) is 21.1. The number of rotatable bonds is 5. The Labute approximate surface area is 181 Å². The van der Waals surface area contributed by atoms with Crippen LogP contribution in [0.1, 0.15) is 38.5 Å². The molecule has 1 heterocycles. The maximum Gasteiger partial charge on any atom is 0.387 e. The van der Waals surface area contributed by atoms with E-state index in [1.54, 1.807) is 6.33 Å². The summed E-state index contributed by atoms with van der Waals surface area (Å²) in [7, 11) is 0. The van der Waals surface area contributed by atoms with Crippen molar-refractivity contribution in [2.75, 3.05) is 5.32 Å². The van der Waals surface area contributed by atoms with Gasteiger partial charge in [0.15, 0.2) is 0 Å². The number of amides is 1. The summed E-state index contributed by atoms with van der Waals surface area (Å²) in [6.45, 7) is -2.96. The predicted molar refractivity (Wildman–Crippen MR) is 107 cm³/mol. The smallest absolute Gasteiger partial charge is 0.387 e. The molecule has 1 aromatic carbocycles. The molecule has 0 unspecified atom stereocenters. The first-order valence-electron chi connectivity index (χ1n) is 9.90. The lowest BCUT2D eigenvalue weighted by Crippen LogP contribution is -2.60. The van der Waals surface area contributed by atoms with Crippen LogP contribution in [-0.4, -0.2) is 27.3 Å². The van der Waals surface area contributed by atoms with Gasteiger partial charge in [-0.3, -0.25) is 4.79 Å². The van der Waals surface area contributed by atoms with Crippen LogP contribution in [0.5, 0.6) is 5.75 Å². The van der Waals surface area contributed by atoms with E-state index >= 15 is 0 Å². The first kappa shape index (κ1) is 20.0. The maximum absolute atomic E-state index is 13.4. The third-order valence-electron chi connectivity index (χ3n) is 6.87. The Bertz CT molecular complexity index is 985. The van der Waals surface area contributed by atoms with Crippen molar-refractivity contribution in [1.82, 2.24) is 14.8 Å². The molecule has 30 heavy (non-hydrogen) atoms. The zero-order valence-corrected chi connectivity index (χ0v) is 17.5. The number of carbonyl (C=O) groups excluding carboxylic acids is 1. The summed E-state index contributed by atoms with van der Waals surface area (Å²) in [5, 5.41) is 7.56. The van der Waals surface area contributed by atoms with Crippen LogP contribution in [-0.2, 0) is 10.3 Å². The molecule has 6 rings (SSSR count). The fraction of sp³-hybridized carbons (Fsp3) is 0.550. The van der Waals surface area contributed by atoms with E-state index in [1.165, 1.54) is 18.2 Å². The first-order chi connectivity index (χ1) is 14.3. The highest BCUT2D eigenvalue weighted by molar-refractivity contribution is 6.32. The van der Waals surface area contributed by atoms with E-state index in [0.29, 0.717) is 23.9 Å². The second-order valence-electron chi connectivity index (χ2n) is 8.90. The van der Waals surface area contributed by atoms with Gasteiger partial charge in [0.1, 0.15) is 12.1 Å². The van der Waals surface area contributed by atoms with Gasteiger partial charge in [-0.15, -0.1) is 5.10 Å². The molecule has 0 spiro atoms. The van der Waals surface area contributed by atoms with Crippen molar-refractivity contribution in [2.45, 2.75) is 50.7 Å². The molecule has 4 aliphatic rings. The van der Waals surface area contributed by atoms with Crippen molar-refractivity contribution in [3.63, 3.8) is 0 Å². The molecule has 6 nitrogen and oxygen atoms in total. The minimum Gasteiger partial charge on any atom is -0.433 e. The molecule has 0 saturated heterocycles. The van der Waals surface area contributed by atoms with E-state index in [-0.39, 0.29) is 27.5 Å². The fourth-order valence-electron chi connectivity index (χ4n) is 6.25. The molecule has 0 aliphatic heterocycles. The lowest BCUT2D eigenvalue weighted by atomic mass is 9.46. The number of hydrogen-bond donors (Lipinski definition) is 1. The van der Waals surface area contributed by atoms with Crippen LogP contribution >= 0.6 is 23.2 Å². The number of alkyl halides is 2. The van der Waals surface area contributed by atoms with Crippen molar-refractivity contribution in [2.24, 2.45) is 17.3 Å². The number of nitrogens with one attached hydrogen (secondary N) is 1.